The van der Waals surface area contributed by atoms with Gasteiger partial charge in [0.2, 0.25) is 0 Å². The van der Waals surface area contributed by atoms with E-state index in [-0.39, 0.29) is 32.6 Å². The molecule has 0 aliphatic carbocycles. The Kier molecular flexibility index (Phi) is 4.38. The number of hydrogen-bond donors (Lipinski definition) is 1. The quantitative estimate of drug-likeness (QED) is 0.736. The third kappa shape index (κ3) is 2.92. The summed E-state index contributed by atoms with van der Waals surface area (Å²) in [6.07, 6.45) is -1.57. The molecule has 1 aromatic carbocycles. The summed E-state index contributed by atoms with van der Waals surface area (Å²) in [6, 6.07) is 5.99. The van der Waals surface area contributed by atoms with Crippen LogP contribution in [0.4, 0.5) is 14.5 Å². The number of amides is 1. The van der Waals surface area contributed by atoms with E-state index in [2.05, 4.69) is 15.4 Å². The van der Waals surface area contributed by atoms with E-state index >= 15 is 0 Å². The number of aryl methyl sites for hydroxylation is 1. The van der Waals surface area contributed by atoms with E-state index in [0.717, 1.165) is 4.52 Å². The number of nitrogens with zero attached hydrogens (tertiary/aromatic N) is 3. The Bertz CT molecular complexity index is 922. The molecular formula is C15H10Cl2F2N4O. The molecule has 3 rings (SSSR count). The van der Waals surface area contributed by atoms with Gasteiger partial charge in [-0.05, 0) is 25.1 Å². The number of nitrogens with one attached hydrogen (secondary N) is 1. The normalized spacial score (nSPS) is 11.2. The maximum Gasteiger partial charge on any atom is 0.280 e. The van der Waals surface area contributed by atoms with E-state index in [9.17, 15) is 13.6 Å². The topological polar surface area (TPSA) is 59.3 Å². The van der Waals surface area contributed by atoms with Gasteiger partial charge in [-0.1, -0.05) is 29.3 Å². The molecule has 0 fully saturated rings. The fourth-order valence-electron chi connectivity index (χ4n) is 2.23. The Morgan fingerprint density at radius 3 is 2.58 bits per heavy atom. The molecule has 0 saturated carbocycles. The molecule has 1 N–H and O–H groups in total. The van der Waals surface area contributed by atoms with Crippen LogP contribution >= 0.6 is 23.2 Å². The predicted octanol–water partition coefficient (Wildman–Crippen LogP) is 4.53. The van der Waals surface area contributed by atoms with Crippen molar-refractivity contribution < 1.29 is 13.6 Å². The summed E-state index contributed by atoms with van der Waals surface area (Å²) in [5, 5.41) is 6.90. The first-order chi connectivity index (χ1) is 11.4. The molecule has 2 heterocycles. The zero-order valence-corrected chi connectivity index (χ0v) is 13.7. The molecule has 0 saturated heterocycles. The Morgan fingerprint density at radius 2 is 1.96 bits per heavy atom. The molecule has 24 heavy (non-hydrogen) atoms. The number of para-hydroxylation sites is 1. The molecule has 124 valence electrons. The van der Waals surface area contributed by atoms with E-state index < -0.39 is 12.3 Å². The lowest BCUT2D eigenvalue weighted by Gasteiger charge is -2.09. The van der Waals surface area contributed by atoms with E-state index in [1.807, 2.05) is 0 Å². The van der Waals surface area contributed by atoms with Crippen molar-refractivity contribution in [3.05, 3.63) is 57.5 Å². The molecule has 9 heteroatoms. The second-order valence-corrected chi connectivity index (χ2v) is 5.78. The number of rotatable bonds is 3. The highest BCUT2D eigenvalue weighted by Gasteiger charge is 2.21. The molecule has 0 bridgehead atoms. The largest absolute Gasteiger partial charge is 0.319 e. The first-order valence-electron chi connectivity index (χ1n) is 6.77. The SMILES string of the molecule is Cc1cc(C(F)F)n2ncc(C(=O)Nc3c(Cl)cccc3Cl)c2n1. The average Bonchev–Trinajstić information content (AvgIpc) is 2.93. The fourth-order valence-corrected chi connectivity index (χ4v) is 2.72. The van der Waals surface area contributed by atoms with Crippen LogP contribution in [0, 0.1) is 6.92 Å². The molecule has 0 unspecified atom stereocenters. The highest BCUT2D eigenvalue weighted by atomic mass is 35.5. The number of hydrogen-bond acceptors (Lipinski definition) is 3. The van der Waals surface area contributed by atoms with Gasteiger partial charge in [0.15, 0.2) is 5.65 Å². The van der Waals surface area contributed by atoms with Crippen LogP contribution in [0.15, 0.2) is 30.5 Å². The van der Waals surface area contributed by atoms with Crippen molar-refractivity contribution in [3.8, 4) is 0 Å². The maximum absolute atomic E-state index is 13.1. The molecule has 0 atom stereocenters. The van der Waals surface area contributed by atoms with Gasteiger partial charge in [-0.25, -0.2) is 18.3 Å². The summed E-state index contributed by atoms with van der Waals surface area (Å²) in [5.41, 5.74) is 0.310. The van der Waals surface area contributed by atoms with Gasteiger partial charge in [0.25, 0.3) is 12.3 Å². The number of halogens is 4. The summed E-state index contributed by atoms with van der Waals surface area (Å²) in [7, 11) is 0. The van der Waals surface area contributed by atoms with Crippen LogP contribution in [-0.4, -0.2) is 20.5 Å². The summed E-state index contributed by atoms with van der Waals surface area (Å²) < 4.78 is 27.2. The lowest BCUT2D eigenvalue weighted by Crippen LogP contribution is -2.13. The maximum atomic E-state index is 13.1. The zero-order valence-electron chi connectivity index (χ0n) is 12.2. The third-order valence-corrected chi connectivity index (χ3v) is 3.93. The van der Waals surface area contributed by atoms with Crippen molar-refractivity contribution in [1.82, 2.24) is 14.6 Å². The Morgan fingerprint density at radius 1 is 1.29 bits per heavy atom. The number of benzene rings is 1. The highest BCUT2D eigenvalue weighted by molar-refractivity contribution is 6.40. The molecule has 0 aliphatic heterocycles. The molecule has 3 aromatic rings. The molecular weight excluding hydrogens is 361 g/mol. The number of anilines is 1. The lowest BCUT2D eigenvalue weighted by atomic mass is 10.2. The van der Waals surface area contributed by atoms with Crippen LogP contribution in [0.5, 0.6) is 0 Å². The number of carbonyl (C=O) groups is 1. The Hall–Kier alpha value is -2.25. The van der Waals surface area contributed by atoms with Gasteiger partial charge in [-0.3, -0.25) is 4.79 Å². The number of carbonyl (C=O) groups excluding carboxylic acids is 1. The predicted molar refractivity (Wildman–Crippen MR) is 87.1 cm³/mol. The second kappa shape index (κ2) is 6.33. The summed E-state index contributed by atoms with van der Waals surface area (Å²) in [4.78, 5) is 16.6. The standard InChI is InChI=1S/C15H10Cl2F2N4O/c1-7-5-11(13(18)19)23-14(21-7)8(6-20-23)15(24)22-12-9(16)3-2-4-10(12)17/h2-6,13H,1H3,(H,22,24). The summed E-state index contributed by atoms with van der Waals surface area (Å²) in [6.45, 7) is 1.56. The van der Waals surface area contributed by atoms with Gasteiger partial charge in [0.1, 0.15) is 11.3 Å². The molecule has 0 spiro atoms. The van der Waals surface area contributed by atoms with Gasteiger partial charge in [0, 0.05) is 5.69 Å². The van der Waals surface area contributed by atoms with Crippen LogP contribution in [0.25, 0.3) is 5.65 Å². The molecule has 0 radical (unpaired) electrons. The van der Waals surface area contributed by atoms with Crippen molar-refractivity contribution in [3.63, 3.8) is 0 Å². The van der Waals surface area contributed by atoms with Crippen LogP contribution in [0.3, 0.4) is 0 Å². The first kappa shape index (κ1) is 16.6. The van der Waals surface area contributed by atoms with Crippen LogP contribution in [0.1, 0.15) is 28.2 Å². The average molecular weight is 371 g/mol. The number of fused-ring (bicyclic) bond motifs is 1. The minimum Gasteiger partial charge on any atom is -0.319 e. The molecule has 2 aromatic heterocycles. The second-order valence-electron chi connectivity index (χ2n) is 4.97. The van der Waals surface area contributed by atoms with Crippen LogP contribution in [-0.2, 0) is 0 Å². The minimum absolute atomic E-state index is 0.0333. The highest BCUT2D eigenvalue weighted by Crippen LogP contribution is 2.30. The van der Waals surface area contributed by atoms with Crippen molar-refractivity contribution in [2.75, 3.05) is 5.32 Å². The van der Waals surface area contributed by atoms with Gasteiger partial charge in [-0.15, -0.1) is 0 Å². The minimum atomic E-state index is -2.75. The fraction of sp³-hybridized carbons (Fsp3) is 0.133. The molecule has 0 aliphatic rings. The van der Waals surface area contributed by atoms with E-state index in [1.165, 1.54) is 12.3 Å². The van der Waals surface area contributed by atoms with E-state index in [0.29, 0.717) is 5.69 Å². The number of aromatic nitrogens is 3. The zero-order chi connectivity index (χ0) is 17.4. The van der Waals surface area contributed by atoms with Crippen molar-refractivity contribution in [2.24, 2.45) is 0 Å². The van der Waals surface area contributed by atoms with Crippen molar-refractivity contribution in [2.45, 2.75) is 13.3 Å². The van der Waals surface area contributed by atoms with Crippen LogP contribution in [0.2, 0.25) is 10.0 Å². The van der Waals surface area contributed by atoms with Crippen molar-refractivity contribution >= 4 is 40.4 Å². The smallest absolute Gasteiger partial charge is 0.280 e. The van der Waals surface area contributed by atoms with Gasteiger partial charge < -0.3 is 5.32 Å². The van der Waals surface area contributed by atoms with Crippen molar-refractivity contribution in [1.29, 1.82) is 0 Å². The monoisotopic (exact) mass is 370 g/mol. The van der Waals surface area contributed by atoms with E-state index in [4.69, 9.17) is 23.2 Å². The van der Waals surface area contributed by atoms with Gasteiger partial charge in [0.05, 0.1) is 21.9 Å². The number of alkyl halides is 2. The summed E-state index contributed by atoms with van der Waals surface area (Å²) in [5.74, 6) is -0.599. The third-order valence-electron chi connectivity index (χ3n) is 3.30. The van der Waals surface area contributed by atoms with Gasteiger partial charge >= 0.3 is 0 Å². The molecule has 1 amide bonds. The lowest BCUT2D eigenvalue weighted by molar-refractivity contribution is 0.102. The molecule has 5 nitrogen and oxygen atoms in total. The van der Waals surface area contributed by atoms with E-state index in [1.54, 1.807) is 25.1 Å². The Balaban J connectivity index is 2.05. The van der Waals surface area contributed by atoms with Gasteiger partial charge in [-0.2, -0.15) is 5.10 Å². The Labute approximate surface area is 145 Å². The first-order valence-corrected chi connectivity index (χ1v) is 7.53. The van der Waals surface area contributed by atoms with Crippen LogP contribution < -0.4 is 5.32 Å². The summed E-state index contributed by atoms with van der Waals surface area (Å²) >= 11 is 12.0.